The number of rotatable bonds is 9. The summed E-state index contributed by atoms with van der Waals surface area (Å²) in [6, 6.07) is 21.1. The number of amidine groups is 1. The lowest BCUT2D eigenvalue weighted by Crippen LogP contribution is -2.45. The molecule has 2 atom stereocenters. The van der Waals surface area contributed by atoms with Crippen LogP contribution in [0.5, 0.6) is 11.5 Å². The van der Waals surface area contributed by atoms with Gasteiger partial charge in [0.2, 0.25) is 15.9 Å². The normalized spacial score (nSPS) is 17.9. The first-order valence-electron chi connectivity index (χ1n) is 11.4. The zero-order valence-electron chi connectivity index (χ0n) is 19.8. The largest absolute Gasteiger partial charge is 0.497 e. The van der Waals surface area contributed by atoms with Crippen LogP contribution in [0, 0.1) is 5.41 Å². The van der Waals surface area contributed by atoms with E-state index in [4.69, 9.17) is 20.6 Å². The lowest BCUT2D eigenvalue weighted by Gasteiger charge is -2.23. The summed E-state index contributed by atoms with van der Waals surface area (Å²) in [5, 5.41) is 10.5. The maximum atomic E-state index is 13.5. The van der Waals surface area contributed by atoms with E-state index in [1.807, 2.05) is 12.1 Å². The number of nitrogen functional groups attached to an aromatic ring is 1. The van der Waals surface area contributed by atoms with Gasteiger partial charge in [0.25, 0.3) is 0 Å². The number of hydrogen-bond acceptors (Lipinski definition) is 6. The standard InChI is InChI=1S/C26H28N4O5S/c1-34-20-12-10-18(11-13-20)16-29-26(31)24-15-22(35-21-7-5-6-19(14-21)25(27)28)17-30(24)36(32,33)23-8-3-2-4-9-23/h2-14,22,24H,15-17H2,1H3,(H3,27,28)(H,29,31). The molecule has 0 radical (unpaired) electrons. The first kappa shape index (κ1) is 25.2. The molecule has 1 fully saturated rings. The first-order valence-corrected chi connectivity index (χ1v) is 12.8. The molecule has 3 aromatic carbocycles. The molecule has 1 heterocycles. The summed E-state index contributed by atoms with van der Waals surface area (Å²) in [4.78, 5) is 13.3. The molecule has 1 saturated heterocycles. The summed E-state index contributed by atoms with van der Waals surface area (Å²) in [6.07, 6.45) is -0.396. The van der Waals surface area contributed by atoms with Crippen molar-refractivity contribution in [2.45, 2.75) is 30.0 Å². The van der Waals surface area contributed by atoms with Gasteiger partial charge in [0.15, 0.2) is 0 Å². The molecule has 0 aromatic heterocycles. The molecule has 1 aliphatic rings. The Bertz CT molecular complexity index is 1330. The molecule has 188 valence electrons. The number of nitrogens with zero attached hydrogens (tertiary/aromatic N) is 1. The van der Waals surface area contributed by atoms with Crippen molar-refractivity contribution in [1.82, 2.24) is 9.62 Å². The predicted octanol–water partition coefficient (Wildman–Crippen LogP) is 2.51. The van der Waals surface area contributed by atoms with E-state index in [9.17, 15) is 13.2 Å². The van der Waals surface area contributed by atoms with Crippen LogP contribution >= 0.6 is 0 Å². The molecule has 3 aromatic rings. The van der Waals surface area contributed by atoms with Crippen molar-refractivity contribution in [1.29, 1.82) is 5.41 Å². The number of methoxy groups -OCH3 is 1. The molecule has 0 saturated carbocycles. The van der Waals surface area contributed by atoms with Crippen LogP contribution in [0.3, 0.4) is 0 Å². The fraction of sp³-hybridized carbons (Fsp3) is 0.231. The number of nitrogens with one attached hydrogen (secondary N) is 2. The van der Waals surface area contributed by atoms with Crippen molar-refractivity contribution < 1.29 is 22.7 Å². The monoisotopic (exact) mass is 508 g/mol. The highest BCUT2D eigenvalue weighted by atomic mass is 32.2. The summed E-state index contributed by atoms with van der Waals surface area (Å²) < 4.78 is 39.3. The van der Waals surface area contributed by atoms with Crippen molar-refractivity contribution in [2.24, 2.45) is 5.73 Å². The van der Waals surface area contributed by atoms with Crippen molar-refractivity contribution in [3.05, 3.63) is 90.0 Å². The molecule has 4 N–H and O–H groups in total. The number of ether oxygens (including phenoxy) is 2. The van der Waals surface area contributed by atoms with Crippen LogP contribution in [0.4, 0.5) is 0 Å². The van der Waals surface area contributed by atoms with Crippen LogP contribution in [-0.2, 0) is 21.4 Å². The third-order valence-corrected chi connectivity index (χ3v) is 7.83. The van der Waals surface area contributed by atoms with Crippen LogP contribution in [-0.4, -0.2) is 50.3 Å². The fourth-order valence-electron chi connectivity index (χ4n) is 4.07. The van der Waals surface area contributed by atoms with Gasteiger partial charge in [0.05, 0.1) is 18.6 Å². The molecule has 4 rings (SSSR count). The van der Waals surface area contributed by atoms with Gasteiger partial charge in [-0.05, 0) is 42.0 Å². The van der Waals surface area contributed by atoms with E-state index in [1.165, 1.54) is 16.4 Å². The second kappa shape index (κ2) is 10.8. The number of amides is 1. The number of carbonyl (C=O) groups excluding carboxylic acids is 1. The van der Waals surface area contributed by atoms with Gasteiger partial charge in [-0.15, -0.1) is 0 Å². The summed E-state index contributed by atoms with van der Waals surface area (Å²) in [5.41, 5.74) is 6.92. The van der Waals surface area contributed by atoms with Crippen molar-refractivity contribution in [3.63, 3.8) is 0 Å². The van der Waals surface area contributed by atoms with Gasteiger partial charge in [-0.2, -0.15) is 4.31 Å². The minimum Gasteiger partial charge on any atom is -0.497 e. The molecule has 1 amide bonds. The summed E-state index contributed by atoms with van der Waals surface area (Å²) in [6.45, 7) is 0.243. The van der Waals surface area contributed by atoms with Gasteiger partial charge in [-0.3, -0.25) is 10.2 Å². The van der Waals surface area contributed by atoms with Gasteiger partial charge in [-0.1, -0.05) is 42.5 Å². The molecule has 9 nitrogen and oxygen atoms in total. The van der Waals surface area contributed by atoms with Crippen molar-refractivity contribution in [2.75, 3.05) is 13.7 Å². The van der Waals surface area contributed by atoms with Gasteiger partial charge in [-0.25, -0.2) is 8.42 Å². The zero-order valence-corrected chi connectivity index (χ0v) is 20.6. The van der Waals surface area contributed by atoms with E-state index < -0.39 is 28.1 Å². The zero-order chi connectivity index (χ0) is 25.7. The Morgan fingerprint density at radius 2 is 1.78 bits per heavy atom. The topological polar surface area (TPSA) is 135 Å². The molecule has 2 unspecified atom stereocenters. The molecule has 36 heavy (non-hydrogen) atoms. The van der Waals surface area contributed by atoms with E-state index in [0.29, 0.717) is 17.1 Å². The summed E-state index contributed by atoms with van der Waals surface area (Å²) >= 11 is 0. The van der Waals surface area contributed by atoms with E-state index in [0.717, 1.165) is 5.56 Å². The molecule has 1 aliphatic heterocycles. The van der Waals surface area contributed by atoms with Crippen LogP contribution in [0.2, 0.25) is 0 Å². The van der Waals surface area contributed by atoms with Crippen molar-refractivity contribution >= 4 is 21.8 Å². The number of nitrogens with two attached hydrogens (primary N) is 1. The lowest BCUT2D eigenvalue weighted by molar-refractivity contribution is -0.124. The summed E-state index contributed by atoms with van der Waals surface area (Å²) in [7, 11) is -2.37. The maximum absolute atomic E-state index is 13.5. The van der Waals surface area contributed by atoms with E-state index in [-0.39, 0.29) is 30.2 Å². The number of hydrogen-bond donors (Lipinski definition) is 3. The maximum Gasteiger partial charge on any atom is 0.243 e. The Labute approximate surface area is 210 Å². The molecule has 0 aliphatic carbocycles. The second-order valence-electron chi connectivity index (χ2n) is 8.39. The highest BCUT2D eigenvalue weighted by Crippen LogP contribution is 2.29. The van der Waals surface area contributed by atoms with Crippen molar-refractivity contribution in [3.8, 4) is 11.5 Å². The molecule has 10 heteroatoms. The van der Waals surface area contributed by atoms with Crippen LogP contribution < -0.4 is 20.5 Å². The molecular weight excluding hydrogens is 480 g/mol. The van der Waals surface area contributed by atoms with Crippen LogP contribution in [0.1, 0.15) is 17.5 Å². The van der Waals surface area contributed by atoms with Gasteiger partial charge in [0.1, 0.15) is 29.5 Å². The predicted molar refractivity (Wildman–Crippen MR) is 135 cm³/mol. The Morgan fingerprint density at radius 1 is 1.06 bits per heavy atom. The molecule has 0 spiro atoms. The minimum atomic E-state index is -3.95. The fourth-order valence-corrected chi connectivity index (χ4v) is 5.72. The smallest absolute Gasteiger partial charge is 0.243 e. The van der Waals surface area contributed by atoms with Gasteiger partial charge < -0.3 is 20.5 Å². The third-order valence-electron chi connectivity index (χ3n) is 5.94. The second-order valence-corrected chi connectivity index (χ2v) is 10.3. The summed E-state index contributed by atoms with van der Waals surface area (Å²) in [5.74, 6) is 0.642. The van der Waals surface area contributed by atoms with Gasteiger partial charge in [0, 0.05) is 18.5 Å². The molecule has 0 bridgehead atoms. The highest BCUT2D eigenvalue weighted by Gasteiger charge is 2.45. The van der Waals surface area contributed by atoms with E-state index in [2.05, 4.69) is 5.32 Å². The quantitative estimate of drug-likeness (QED) is 0.300. The highest BCUT2D eigenvalue weighted by molar-refractivity contribution is 7.89. The third kappa shape index (κ3) is 5.67. The Morgan fingerprint density at radius 3 is 2.44 bits per heavy atom. The number of carbonyl (C=O) groups is 1. The Balaban J connectivity index is 1.54. The first-order chi connectivity index (χ1) is 17.3. The Kier molecular flexibility index (Phi) is 7.56. The lowest BCUT2D eigenvalue weighted by atomic mass is 10.1. The number of benzene rings is 3. The SMILES string of the molecule is COc1ccc(CNC(=O)C2CC(Oc3cccc(C(=N)N)c3)CN2S(=O)(=O)c2ccccc2)cc1. The van der Waals surface area contributed by atoms with Gasteiger partial charge >= 0.3 is 0 Å². The van der Waals surface area contributed by atoms with E-state index >= 15 is 0 Å². The minimum absolute atomic E-state index is 0.00213. The average molecular weight is 509 g/mol. The average Bonchev–Trinajstić information content (AvgIpc) is 3.33. The van der Waals surface area contributed by atoms with Crippen LogP contribution in [0.15, 0.2) is 83.8 Å². The molecular formula is C26H28N4O5S. The Hall–Kier alpha value is -3.89. The van der Waals surface area contributed by atoms with Crippen LogP contribution in [0.25, 0.3) is 0 Å². The van der Waals surface area contributed by atoms with E-state index in [1.54, 1.807) is 61.7 Å². The number of sulfonamides is 1.